The van der Waals surface area contributed by atoms with Crippen LogP contribution in [0, 0.1) is 0 Å². The van der Waals surface area contributed by atoms with Gasteiger partial charge in [-0.2, -0.15) is 0 Å². The number of aromatic nitrogens is 1. The minimum atomic E-state index is -3.33. The summed E-state index contributed by atoms with van der Waals surface area (Å²) in [6.45, 7) is 3.48. The fourth-order valence-corrected chi connectivity index (χ4v) is 4.07. The lowest BCUT2D eigenvalue weighted by molar-refractivity contribution is 0.567. The van der Waals surface area contributed by atoms with Crippen LogP contribution < -0.4 is 10.6 Å². The Balaban J connectivity index is 1.90. The van der Waals surface area contributed by atoms with Gasteiger partial charge in [-0.25, -0.2) is 8.42 Å². The van der Waals surface area contributed by atoms with E-state index < -0.39 is 9.84 Å². The molecule has 7 heteroatoms. The molecule has 2 aromatic rings. The number of aliphatic imine (C=N–C) groups is 1. The lowest BCUT2D eigenvalue weighted by atomic mass is 10.3. The number of nitrogens with zero attached hydrogens (tertiary/aromatic N) is 2. The van der Waals surface area contributed by atoms with Gasteiger partial charge in [0.05, 0.1) is 10.6 Å². The Labute approximate surface area is 149 Å². The Morgan fingerprint density at radius 1 is 1.16 bits per heavy atom. The second-order valence-corrected chi connectivity index (χ2v) is 7.80. The topological polar surface area (TPSA) is 75.5 Å². The van der Waals surface area contributed by atoms with Crippen LogP contribution in [-0.4, -0.2) is 44.3 Å². The van der Waals surface area contributed by atoms with Crippen molar-refractivity contribution in [2.24, 2.45) is 4.99 Å². The minimum absolute atomic E-state index is 0.0335. The quantitative estimate of drug-likeness (QED) is 0.556. The highest BCUT2D eigenvalue weighted by Crippen LogP contribution is 2.12. The van der Waals surface area contributed by atoms with Crippen molar-refractivity contribution in [2.75, 3.05) is 19.3 Å². The molecule has 1 atom stereocenters. The SMILES string of the molecule is CCC(CS(=O)(=O)c1ccccc1)NC(=NC)NCCn1cccc1. The number of guanidine groups is 1. The maximum absolute atomic E-state index is 12.5. The molecule has 1 aromatic carbocycles. The van der Waals surface area contributed by atoms with Crippen LogP contribution >= 0.6 is 0 Å². The van der Waals surface area contributed by atoms with Crippen molar-refractivity contribution in [3.05, 3.63) is 54.9 Å². The fraction of sp³-hybridized carbons (Fsp3) is 0.389. The number of sulfone groups is 1. The second-order valence-electron chi connectivity index (χ2n) is 5.76. The molecule has 25 heavy (non-hydrogen) atoms. The largest absolute Gasteiger partial charge is 0.355 e. The van der Waals surface area contributed by atoms with Gasteiger partial charge < -0.3 is 15.2 Å². The third-order valence-electron chi connectivity index (χ3n) is 3.91. The van der Waals surface area contributed by atoms with Crippen molar-refractivity contribution in [1.82, 2.24) is 15.2 Å². The Bertz CT molecular complexity index is 756. The summed E-state index contributed by atoms with van der Waals surface area (Å²) in [6.07, 6.45) is 4.68. The van der Waals surface area contributed by atoms with E-state index in [1.54, 1.807) is 31.3 Å². The molecule has 136 valence electrons. The highest BCUT2D eigenvalue weighted by molar-refractivity contribution is 7.91. The van der Waals surface area contributed by atoms with E-state index in [1.807, 2.05) is 37.5 Å². The molecule has 0 aliphatic carbocycles. The summed E-state index contributed by atoms with van der Waals surface area (Å²) in [7, 11) is -1.65. The zero-order valence-corrected chi connectivity index (χ0v) is 15.5. The van der Waals surface area contributed by atoms with Gasteiger partial charge in [0.15, 0.2) is 15.8 Å². The monoisotopic (exact) mass is 362 g/mol. The molecule has 0 aliphatic rings. The summed E-state index contributed by atoms with van der Waals surface area (Å²) in [5.41, 5.74) is 0. The van der Waals surface area contributed by atoms with Gasteiger partial charge in [0.25, 0.3) is 0 Å². The normalized spacial score (nSPS) is 13.4. The molecular weight excluding hydrogens is 336 g/mol. The van der Waals surface area contributed by atoms with Crippen LogP contribution in [0.15, 0.2) is 64.7 Å². The smallest absolute Gasteiger partial charge is 0.191 e. The number of benzene rings is 1. The van der Waals surface area contributed by atoms with Gasteiger partial charge in [-0.05, 0) is 30.7 Å². The first-order chi connectivity index (χ1) is 12.0. The van der Waals surface area contributed by atoms with Crippen molar-refractivity contribution >= 4 is 15.8 Å². The molecular formula is C18H26N4O2S. The molecule has 1 heterocycles. The molecule has 0 amide bonds. The van der Waals surface area contributed by atoms with Crippen molar-refractivity contribution in [3.63, 3.8) is 0 Å². The van der Waals surface area contributed by atoms with E-state index in [0.717, 1.165) is 6.54 Å². The molecule has 0 saturated heterocycles. The van der Waals surface area contributed by atoms with E-state index in [0.29, 0.717) is 23.8 Å². The third-order valence-corrected chi connectivity index (χ3v) is 5.74. The summed E-state index contributed by atoms with van der Waals surface area (Å²) in [6, 6.07) is 12.3. The van der Waals surface area contributed by atoms with Crippen LogP contribution in [0.3, 0.4) is 0 Å². The van der Waals surface area contributed by atoms with E-state index in [4.69, 9.17) is 0 Å². The van der Waals surface area contributed by atoms with E-state index in [-0.39, 0.29) is 11.8 Å². The number of rotatable bonds is 8. The van der Waals surface area contributed by atoms with Gasteiger partial charge >= 0.3 is 0 Å². The summed E-state index contributed by atoms with van der Waals surface area (Å²) in [4.78, 5) is 4.54. The molecule has 0 aliphatic heterocycles. The van der Waals surface area contributed by atoms with E-state index in [2.05, 4.69) is 20.2 Å². The zero-order valence-electron chi connectivity index (χ0n) is 14.7. The molecule has 0 radical (unpaired) electrons. The van der Waals surface area contributed by atoms with Crippen LogP contribution in [0.4, 0.5) is 0 Å². The Kier molecular flexibility index (Phi) is 7.06. The average molecular weight is 362 g/mol. The highest BCUT2D eigenvalue weighted by atomic mass is 32.2. The van der Waals surface area contributed by atoms with Gasteiger partial charge in [-0.1, -0.05) is 25.1 Å². The lowest BCUT2D eigenvalue weighted by Crippen LogP contribution is -2.46. The Morgan fingerprint density at radius 2 is 1.84 bits per heavy atom. The molecule has 2 N–H and O–H groups in total. The van der Waals surface area contributed by atoms with Crippen LogP contribution in [0.2, 0.25) is 0 Å². The number of nitrogens with one attached hydrogen (secondary N) is 2. The van der Waals surface area contributed by atoms with Crippen molar-refractivity contribution in [3.8, 4) is 0 Å². The van der Waals surface area contributed by atoms with Gasteiger partial charge in [0, 0.05) is 38.6 Å². The molecule has 6 nitrogen and oxygen atoms in total. The van der Waals surface area contributed by atoms with Crippen molar-refractivity contribution < 1.29 is 8.42 Å². The van der Waals surface area contributed by atoms with Crippen molar-refractivity contribution in [1.29, 1.82) is 0 Å². The molecule has 0 fully saturated rings. The predicted octanol–water partition coefficient (Wildman–Crippen LogP) is 1.91. The van der Waals surface area contributed by atoms with Gasteiger partial charge in [-0.3, -0.25) is 4.99 Å². The fourth-order valence-electron chi connectivity index (χ4n) is 2.46. The average Bonchev–Trinajstić information content (AvgIpc) is 3.14. The summed E-state index contributed by atoms with van der Waals surface area (Å²) >= 11 is 0. The van der Waals surface area contributed by atoms with E-state index in [9.17, 15) is 8.42 Å². The van der Waals surface area contributed by atoms with Crippen LogP contribution in [0.1, 0.15) is 13.3 Å². The maximum atomic E-state index is 12.5. The highest BCUT2D eigenvalue weighted by Gasteiger charge is 2.20. The van der Waals surface area contributed by atoms with Gasteiger partial charge in [0.2, 0.25) is 0 Å². The Hall–Kier alpha value is -2.28. The summed E-state index contributed by atoms with van der Waals surface area (Å²) < 4.78 is 27.1. The standard InChI is InChI=1S/C18H26N4O2S/c1-3-16(15-25(23,24)17-9-5-4-6-10-17)21-18(19-2)20-11-14-22-12-7-8-13-22/h4-10,12-13,16H,3,11,14-15H2,1-2H3,(H2,19,20,21). The van der Waals surface area contributed by atoms with E-state index >= 15 is 0 Å². The zero-order chi connectivity index (χ0) is 18.1. The second kappa shape index (κ2) is 9.27. The molecule has 1 unspecified atom stereocenters. The third kappa shape index (κ3) is 5.94. The lowest BCUT2D eigenvalue weighted by Gasteiger charge is -2.20. The Morgan fingerprint density at radius 3 is 2.44 bits per heavy atom. The van der Waals surface area contributed by atoms with Crippen molar-refractivity contribution in [2.45, 2.75) is 30.8 Å². The maximum Gasteiger partial charge on any atom is 0.191 e. The molecule has 0 saturated carbocycles. The van der Waals surface area contributed by atoms with Gasteiger partial charge in [0.1, 0.15) is 0 Å². The molecule has 2 rings (SSSR count). The van der Waals surface area contributed by atoms with E-state index in [1.165, 1.54) is 0 Å². The van der Waals surface area contributed by atoms with Crippen LogP contribution in [0.25, 0.3) is 0 Å². The first kappa shape index (κ1) is 19.1. The first-order valence-corrected chi connectivity index (χ1v) is 10.1. The summed E-state index contributed by atoms with van der Waals surface area (Å²) in [5.74, 6) is 0.647. The molecule has 0 spiro atoms. The number of hydrogen-bond donors (Lipinski definition) is 2. The predicted molar refractivity (Wildman–Crippen MR) is 102 cm³/mol. The number of hydrogen-bond acceptors (Lipinski definition) is 3. The van der Waals surface area contributed by atoms with Gasteiger partial charge in [-0.15, -0.1) is 0 Å². The molecule has 0 bridgehead atoms. The molecule has 1 aromatic heterocycles. The van der Waals surface area contributed by atoms with Crippen LogP contribution in [-0.2, 0) is 16.4 Å². The minimum Gasteiger partial charge on any atom is -0.355 e. The summed E-state index contributed by atoms with van der Waals surface area (Å²) in [5, 5.41) is 6.43. The van der Waals surface area contributed by atoms with Crippen LogP contribution in [0.5, 0.6) is 0 Å². The first-order valence-electron chi connectivity index (χ1n) is 8.41.